The molecular formula is C19H20BrN3O. The molecule has 124 valence electrons. The Morgan fingerprint density at radius 2 is 2.21 bits per heavy atom. The Bertz CT molecular complexity index is 796. The number of benzene rings is 1. The maximum absolute atomic E-state index is 5.85. The maximum Gasteiger partial charge on any atom is 0.131 e. The number of morpholine rings is 1. The lowest BCUT2D eigenvalue weighted by molar-refractivity contribution is 0.00355. The van der Waals surface area contributed by atoms with E-state index in [4.69, 9.17) is 4.74 Å². The largest absolute Gasteiger partial charge is 0.375 e. The number of allylic oxidation sites excluding steroid dienone is 2. The van der Waals surface area contributed by atoms with Gasteiger partial charge in [-0.25, -0.2) is 4.98 Å². The normalized spacial score (nSPS) is 24.0. The number of anilines is 1. The molecule has 2 atom stereocenters. The van der Waals surface area contributed by atoms with Crippen LogP contribution >= 0.6 is 15.9 Å². The van der Waals surface area contributed by atoms with Crippen LogP contribution in [0.15, 0.2) is 58.7 Å². The van der Waals surface area contributed by atoms with Gasteiger partial charge in [0.05, 0.1) is 18.2 Å². The van der Waals surface area contributed by atoms with Crippen molar-refractivity contribution in [1.82, 2.24) is 10.3 Å². The van der Waals surface area contributed by atoms with Crippen LogP contribution in [0.1, 0.15) is 6.42 Å². The van der Waals surface area contributed by atoms with E-state index in [9.17, 15) is 0 Å². The fourth-order valence-corrected chi connectivity index (χ4v) is 3.69. The number of hydrogen-bond donors (Lipinski definition) is 2. The minimum absolute atomic E-state index is 0.281. The molecule has 1 aliphatic heterocycles. The molecule has 0 bridgehead atoms. The monoisotopic (exact) mass is 385 g/mol. The maximum atomic E-state index is 5.85. The molecule has 2 aliphatic rings. The van der Waals surface area contributed by atoms with E-state index in [-0.39, 0.29) is 6.10 Å². The van der Waals surface area contributed by atoms with Gasteiger partial charge >= 0.3 is 0 Å². The van der Waals surface area contributed by atoms with Crippen molar-refractivity contribution >= 4 is 32.7 Å². The first-order valence-electron chi connectivity index (χ1n) is 8.32. The Balaban J connectivity index is 1.44. The lowest BCUT2D eigenvalue weighted by Gasteiger charge is -2.30. The lowest BCUT2D eigenvalue weighted by atomic mass is 9.93. The Labute approximate surface area is 150 Å². The molecule has 1 saturated heterocycles. The van der Waals surface area contributed by atoms with Crippen LogP contribution in [0, 0.1) is 5.92 Å². The summed E-state index contributed by atoms with van der Waals surface area (Å²) in [5, 5.41) is 7.93. The van der Waals surface area contributed by atoms with Crippen LogP contribution in [-0.4, -0.2) is 30.8 Å². The first-order chi connectivity index (χ1) is 11.8. The van der Waals surface area contributed by atoms with E-state index in [1.807, 2.05) is 24.3 Å². The standard InChI is InChI=1S/C19H20BrN3O/c20-16-2-1-3-17-15(16)8-9-19(23-17)22-14-6-4-13(5-7-14)18-12-21-10-11-24-18/h1-4,6-9,13,18,21H,5,10-12H2,(H,22,23)/t13?,18-/m1/s1. The number of halogens is 1. The molecule has 1 unspecified atom stereocenters. The minimum atomic E-state index is 0.281. The van der Waals surface area contributed by atoms with Gasteiger partial charge in [0.2, 0.25) is 0 Å². The van der Waals surface area contributed by atoms with Gasteiger partial charge in [0.25, 0.3) is 0 Å². The van der Waals surface area contributed by atoms with Gasteiger partial charge < -0.3 is 15.4 Å². The summed E-state index contributed by atoms with van der Waals surface area (Å²) in [6, 6.07) is 10.2. The highest BCUT2D eigenvalue weighted by Gasteiger charge is 2.23. The third kappa shape index (κ3) is 3.38. The molecule has 0 saturated carbocycles. The molecule has 1 aromatic heterocycles. The van der Waals surface area contributed by atoms with E-state index < -0.39 is 0 Å². The van der Waals surface area contributed by atoms with Crippen LogP contribution in [-0.2, 0) is 4.74 Å². The fraction of sp³-hybridized carbons (Fsp3) is 0.316. The molecule has 0 amide bonds. The second-order valence-corrected chi connectivity index (χ2v) is 7.01. The van der Waals surface area contributed by atoms with Gasteiger partial charge in [0.1, 0.15) is 5.82 Å². The molecule has 2 N–H and O–H groups in total. The van der Waals surface area contributed by atoms with Gasteiger partial charge in [-0.3, -0.25) is 0 Å². The number of rotatable bonds is 3. The van der Waals surface area contributed by atoms with Crippen molar-refractivity contribution in [2.24, 2.45) is 5.92 Å². The van der Waals surface area contributed by atoms with Crippen molar-refractivity contribution in [2.75, 3.05) is 25.0 Å². The molecule has 0 spiro atoms. The highest BCUT2D eigenvalue weighted by Crippen LogP contribution is 2.26. The topological polar surface area (TPSA) is 46.2 Å². The van der Waals surface area contributed by atoms with E-state index in [1.54, 1.807) is 0 Å². The van der Waals surface area contributed by atoms with Gasteiger partial charge in [-0.2, -0.15) is 0 Å². The Morgan fingerprint density at radius 1 is 1.25 bits per heavy atom. The zero-order valence-corrected chi connectivity index (χ0v) is 14.9. The predicted octanol–water partition coefficient (Wildman–Crippen LogP) is 3.86. The van der Waals surface area contributed by atoms with Crippen molar-refractivity contribution in [3.05, 3.63) is 58.7 Å². The number of hydrogen-bond acceptors (Lipinski definition) is 4. The summed E-state index contributed by atoms with van der Waals surface area (Å²) in [5.41, 5.74) is 2.08. The fourth-order valence-electron chi connectivity index (χ4n) is 3.20. The molecule has 24 heavy (non-hydrogen) atoms. The van der Waals surface area contributed by atoms with Gasteiger partial charge in [-0.1, -0.05) is 34.1 Å². The quantitative estimate of drug-likeness (QED) is 0.841. The van der Waals surface area contributed by atoms with E-state index in [0.717, 1.165) is 53.0 Å². The van der Waals surface area contributed by atoms with Crippen LogP contribution in [0.3, 0.4) is 0 Å². The summed E-state index contributed by atoms with van der Waals surface area (Å²) in [6.07, 6.45) is 7.89. The zero-order chi connectivity index (χ0) is 16.4. The van der Waals surface area contributed by atoms with Gasteiger partial charge in [-0.15, -0.1) is 0 Å². The molecule has 4 nitrogen and oxygen atoms in total. The molecule has 0 radical (unpaired) electrons. The van der Waals surface area contributed by atoms with Crippen LogP contribution in [0.4, 0.5) is 5.82 Å². The molecule has 5 heteroatoms. The summed E-state index contributed by atoms with van der Waals surface area (Å²) in [5.74, 6) is 1.31. The number of ether oxygens (including phenoxy) is 1. The average Bonchev–Trinajstić information content (AvgIpc) is 2.63. The molecule has 2 aromatic rings. The molecular weight excluding hydrogens is 366 g/mol. The Morgan fingerprint density at radius 3 is 3.00 bits per heavy atom. The van der Waals surface area contributed by atoms with Crippen LogP contribution < -0.4 is 10.6 Å². The first kappa shape index (κ1) is 15.8. The molecule has 1 fully saturated rings. The lowest BCUT2D eigenvalue weighted by Crippen LogP contribution is -2.42. The third-order valence-corrected chi connectivity index (χ3v) is 5.21. The van der Waals surface area contributed by atoms with Crippen LogP contribution in [0.5, 0.6) is 0 Å². The van der Waals surface area contributed by atoms with E-state index in [2.05, 4.69) is 55.8 Å². The van der Waals surface area contributed by atoms with Crippen LogP contribution in [0.25, 0.3) is 10.9 Å². The first-order valence-corrected chi connectivity index (χ1v) is 9.12. The highest BCUT2D eigenvalue weighted by atomic mass is 79.9. The van der Waals surface area contributed by atoms with E-state index in [0.29, 0.717) is 5.92 Å². The van der Waals surface area contributed by atoms with E-state index >= 15 is 0 Å². The summed E-state index contributed by atoms with van der Waals surface area (Å²) in [6.45, 7) is 2.70. The van der Waals surface area contributed by atoms with E-state index in [1.165, 1.54) is 0 Å². The smallest absolute Gasteiger partial charge is 0.131 e. The molecule has 2 heterocycles. The second-order valence-electron chi connectivity index (χ2n) is 6.16. The third-order valence-electron chi connectivity index (χ3n) is 4.52. The number of aromatic nitrogens is 1. The summed E-state index contributed by atoms with van der Waals surface area (Å²) >= 11 is 3.56. The Kier molecular flexibility index (Phi) is 4.65. The Hall–Kier alpha value is -1.69. The summed E-state index contributed by atoms with van der Waals surface area (Å²) in [7, 11) is 0. The molecule has 1 aliphatic carbocycles. The van der Waals surface area contributed by atoms with Crippen molar-refractivity contribution in [2.45, 2.75) is 12.5 Å². The van der Waals surface area contributed by atoms with Crippen molar-refractivity contribution in [3.8, 4) is 0 Å². The SMILES string of the molecule is Brc1cccc2nc(NC3=CCC([C@H]4CNCCO4)C=C3)ccc12. The molecule has 4 rings (SSSR count). The minimum Gasteiger partial charge on any atom is -0.375 e. The van der Waals surface area contributed by atoms with Crippen molar-refractivity contribution in [3.63, 3.8) is 0 Å². The van der Waals surface area contributed by atoms with Gasteiger partial charge in [-0.05, 0) is 36.8 Å². The van der Waals surface area contributed by atoms with Crippen molar-refractivity contribution in [1.29, 1.82) is 0 Å². The number of pyridine rings is 1. The summed E-state index contributed by atoms with van der Waals surface area (Å²) < 4.78 is 6.92. The number of nitrogens with one attached hydrogen (secondary N) is 2. The second kappa shape index (κ2) is 7.05. The average molecular weight is 386 g/mol. The van der Waals surface area contributed by atoms with Crippen molar-refractivity contribution < 1.29 is 4.74 Å². The summed E-state index contributed by atoms with van der Waals surface area (Å²) in [4.78, 5) is 4.69. The highest BCUT2D eigenvalue weighted by molar-refractivity contribution is 9.10. The number of nitrogens with zero attached hydrogens (tertiary/aromatic N) is 1. The van der Waals surface area contributed by atoms with Crippen LogP contribution in [0.2, 0.25) is 0 Å². The van der Waals surface area contributed by atoms with Gasteiger partial charge in [0, 0.05) is 34.6 Å². The van der Waals surface area contributed by atoms with Gasteiger partial charge in [0.15, 0.2) is 0 Å². The molecule has 1 aromatic carbocycles. The zero-order valence-electron chi connectivity index (χ0n) is 13.3. The predicted molar refractivity (Wildman–Crippen MR) is 101 cm³/mol. The number of fused-ring (bicyclic) bond motifs is 1.